The Kier molecular flexibility index (Phi) is 19.3. The van der Waals surface area contributed by atoms with Gasteiger partial charge in [-0.2, -0.15) is 0 Å². The Morgan fingerprint density at radius 3 is 1.04 bits per heavy atom. The summed E-state index contributed by atoms with van der Waals surface area (Å²) < 4.78 is 9.61. The average Bonchev–Trinajstić information content (AvgIpc) is 2.64. The second kappa shape index (κ2) is 20.2. The third-order valence-corrected chi connectivity index (χ3v) is 4.22. The van der Waals surface area contributed by atoms with Crippen LogP contribution in [0.25, 0.3) is 0 Å². The Hall–Kier alpha value is -1.14. The monoisotopic (exact) mass is 374 g/mol. The summed E-state index contributed by atoms with van der Waals surface area (Å²) >= 11 is 0. The smallest absolute Gasteiger partial charge is 0.305 e. The van der Waals surface area contributed by atoms with E-state index in [0.29, 0.717) is 12.8 Å². The number of unbranched alkanes of at least 4 members (excludes halogenated alkanes) is 11. The molecule has 0 aromatic heterocycles. The van der Waals surface area contributed by atoms with Crippen molar-refractivity contribution in [2.75, 3.05) is 26.4 Å². The number of aliphatic hydroxyl groups excluding tert-OH is 2. The van der Waals surface area contributed by atoms with E-state index in [1.165, 1.54) is 51.4 Å². The van der Waals surface area contributed by atoms with E-state index in [0.717, 1.165) is 25.7 Å². The molecule has 6 heteroatoms. The minimum Gasteiger partial charge on any atom is -0.463 e. The average molecular weight is 375 g/mol. The van der Waals surface area contributed by atoms with Gasteiger partial charge in [0.15, 0.2) is 0 Å². The lowest BCUT2D eigenvalue weighted by Gasteiger charge is -2.04. The van der Waals surface area contributed by atoms with Crippen molar-refractivity contribution in [3.8, 4) is 0 Å². The van der Waals surface area contributed by atoms with Crippen LogP contribution >= 0.6 is 0 Å². The summed E-state index contributed by atoms with van der Waals surface area (Å²) in [5, 5.41) is 17.1. The lowest BCUT2D eigenvalue weighted by Crippen LogP contribution is -2.07. The van der Waals surface area contributed by atoms with Gasteiger partial charge < -0.3 is 19.7 Å². The maximum absolute atomic E-state index is 11.2. The molecule has 0 radical (unpaired) electrons. The molecule has 2 N–H and O–H groups in total. The van der Waals surface area contributed by atoms with Crippen molar-refractivity contribution in [1.29, 1.82) is 0 Å². The van der Waals surface area contributed by atoms with Gasteiger partial charge in [0, 0.05) is 12.8 Å². The molecule has 0 fully saturated rings. The number of hydrogen-bond donors (Lipinski definition) is 2. The Labute approximate surface area is 158 Å². The first kappa shape index (κ1) is 24.9. The normalized spacial score (nSPS) is 10.7. The topological polar surface area (TPSA) is 93.1 Å². The number of hydrogen-bond acceptors (Lipinski definition) is 6. The highest BCUT2D eigenvalue weighted by molar-refractivity contribution is 5.69. The van der Waals surface area contributed by atoms with Crippen LogP contribution in [0.5, 0.6) is 0 Å². The molecule has 0 aliphatic rings. The predicted octanol–water partition coefficient (Wildman–Crippen LogP) is 3.52. The van der Waals surface area contributed by atoms with Crippen LogP contribution < -0.4 is 0 Å². The number of ether oxygens (including phenoxy) is 2. The molecular formula is C20H38O6. The van der Waals surface area contributed by atoms with Crippen molar-refractivity contribution >= 4 is 11.9 Å². The molecule has 0 amide bonds. The van der Waals surface area contributed by atoms with Crippen LogP contribution in [0.1, 0.15) is 89.9 Å². The van der Waals surface area contributed by atoms with E-state index in [1.807, 2.05) is 0 Å². The highest BCUT2D eigenvalue weighted by Crippen LogP contribution is 2.13. The Morgan fingerprint density at radius 1 is 0.500 bits per heavy atom. The van der Waals surface area contributed by atoms with Crippen LogP contribution in [-0.4, -0.2) is 48.6 Å². The van der Waals surface area contributed by atoms with E-state index in [4.69, 9.17) is 19.7 Å². The third kappa shape index (κ3) is 19.2. The fourth-order valence-electron chi connectivity index (χ4n) is 2.77. The lowest BCUT2D eigenvalue weighted by atomic mass is 10.0. The van der Waals surface area contributed by atoms with Gasteiger partial charge >= 0.3 is 11.9 Å². The van der Waals surface area contributed by atoms with Gasteiger partial charge in [-0.3, -0.25) is 9.59 Å². The highest BCUT2D eigenvalue weighted by atomic mass is 16.5. The fourth-order valence-corrected chi connectivity index (χ4v) is 2.77. The standard InChI is InChI=1S/C20H38O6/c21-15-17-25-19(23)13-11-9-7-5-3-1-2-4-6-8-10-12-14-20(24)26-18-16-22/h21-22H,1-18H2. The van der Waals surface area contributed by atoms with Gasteiger partial charge in [-0.25, -0.2) is 0 Å². The summed E-state index contributed by atoms with van der Waals surface area (Å²) in [4.78, 5) is 22.4. The molecule has 6 nitrogen and oxygen atoms in total. The first-order valence-corrected chi connectivity index (χ1v) is 10.2. The molecule has 0 atom stereocenters. The quantitative estimate of drug-likeness (QED) is 0.265. The summed E-state index contributed by atoms with van der Waals surface area (Å²) in [5.41, 5.74) is 0. The zero-order chi connectivity index (χ0) is 19.3. The molecule has 0 saturated carbocycles. The summed E-state index contributed by atoms with van der Waals surface area (Å²) in [6.07, 6.45) is 14.6. The molecule has 0 heterocycles. The van der Waals surface area contributed by atoms with E-state index >= 15 is 0 Å². The van der Waals surface area contributed by atoms with Crippen molar-refractivity contribution in [3.05, 3.63) is 0 Å². The van der Waals surface area contributed by atoms with Crippen LogP contribution in [-0.2, 0) is 19.1 Å². The second-order valence-corrected chi connectivity index (χ2v) is 6.63. The van der Waals surface area contributed by atoms with Crippen LogP contribution in [0.3, 0.4) is 0 Å². The number of aliphatic hydroxyl groups is 2. The Morgan fingerprint density at radius 2 is 0.769 bits per heavy atom. The molecule has 26 heavy (non-hydrogen) atoms. The molecule has 154 valence electrons. The molecule has 0 aliphatic carbocycles. The van der Waals surface area contributed by atoms with Gasteiger partial charge in [0.25, 0.3) is 0 Å². The summed E-state index contributed by atoms with van der Waals surface area (Å²) in [6.45, 7) is 0.00357. The highest BCUT2D eigenvalue weighted by Gasteiger charge is 2.02. The summed E-state index contributed by atoms with van der Waals surface area (Å²) in [6, 6.07) is 0. The molecule has 0 saturated heterocycles. The zero-order valence-electron chi connectivity index (χ0n) is 16.3. The number of carbonyl (C=O) groups excluding carboxylic acids is 2. The van der Waals surface area contributed by atoms with Gasteiger partial charge in [-0.05, 0) is 12.8 Å². The summed E-state index contributed by atoms with van der Waals surface area (Å²) in [7, 11) is 0. The zero-order valence-corrected chi connectivity index (χ0v) is 16.3. The predicted molar refractivity (Wildman–Crippen MR) is 101 cm³/mol. The van der Waals surface area contributed by atoms with Gasteiger partial charge in [-0.15, -0.1) is 0 Å². The van der Waals surface area contributed by atoms with Gasteiger partial charge in [0.1, 0.15) is 13.2 Å². The first-order chi connectivity index (χ1) is 12.7. The SMILES string of the molecule is O=C(CCCCCCCCCCCCCCC(=O)OCCO)OCCO. The van der Waals surface area contributed by atoms with Crippen molar-refractivity contribution in [2.24, 2.45) is 0 Å². The van der Waals surface area contributed by atoms with Crippen molar-refractivity contribution < 1.29 is 29.3 Å². The fraction of sp³-hybridized carbons (Fsp3) is 0.900. The van der Waals surface area contributed by atoms with Crippen LogP contribution in [0.2, 0.25) is 0 Å². The summed E-state index contributed by atoms with van der Waals surface area (Å²) in [5.74, 6) is -0.415. The van der Waals surface area contributed by atoms with Crippen LogP contribution in [0.4, 0.5) is 0 Å². The van der Waals surface area contributed by atoms with Crippen molar-refractivity contribution in [2.45, 2.75) is 89.9 Å². The maximum Gasteiger partial charge on any atom is 0.305 e. The molecule has 0 spiro atoms. The van der Waals surface area contributed by atoms with E-state index in [1.54, 1.807) is 0 Å². The molecule has 0 aromatic carbocycles. The van der Waals surface area contributed by atoms with E-state index in [2.05, 4.69) is 0 Å². The Balaban J connectivity index is 3.13. The van der Waals surface area contributed by atoms with E-state index in [-0.39, 0.29) is 38.4 Å². The number of esters is 2. The lowest BCUT2D eigenvalue weighted by molar-refractivity contribution is -0.145. The largest absolute Gasteiger partial charge is 0.463 e. The van der Waals surface area contributed by atoms with E-state index < -0.39 is 0 Å². The van der Waals surface area contributed by atoms with E-state index in [9.17, 15) is 9.59 Å². The molecular weight excluding hydrogens is 336 g/mol. The molecule has 0 bridgehead atoms. The maximum atomic E-state index is 11.2. The molecule has 0 rings (SSSR count). The van der Waals surface area contributed by atoms with Crippen LogP contribution in [0.15, 0.2) is 0 Å². The van der Waals surface area contributed by atoms with Gasteiger partial charge in [0.2, 0.25) is 0 Å². The number of rotatable bonds is 19. The minimum atomic E-state index is -0.207. The molecule has 0 aromatic rings. The molecule has 0 aliphatic heterocycles. The second-order valence-electron chi connectivity index (χ2n) is 6.63. The minimum absolute atomic E-state index is 0.105. The van der Waals surface area contributed by atoms with Crippen molar-refractivity contribution in [3.63, 3.8) is 0 Å². The van der Waals surface area contributed by atoms with Crippen molar-refractivity contribution in [1.82, 2.24) is 0 Å². The molecule has 0 unspecified atom stereocenters. The third-order valence-electron chi connectivity index (χ3n) is 4.22. The first-order valence-electron chi connectivity index (χ1n) is 10.2. The Bertz CT molecular complexity index is 300. The van der Waals surface area contributed by atoms with Crippen LogP contribution in [0, 0.1) is 0 Å². The van der Waals surface area contributed by atoms with Gasteiger partial charge in [0.05, 0.1) is 13.2 Å². The number of carbonyl (C=O) groups is 2. The van der Waals surface area contributed by atoms with Gasteiger partial charge in [-0.1, -0.05) is 64.2 Å².